The molecule has 78 valence electrons. The Labute approximate surface area is 97.4 Å². The minimum Gasteiger partial charge on any atom is -0.504 e. The van der Waals surface area contributed by atoms with E-state index in [0.29, 0.717) is 12.2 Å². The van der Waals surface area contributed by atoms with Gasteiger partial charge in [0.2, 0.25) is 0 Å². The van der Waals surface area contributed by atoms with Gasteiger partial charge in [0.05, 0.1) is 7.11 Å². The molecule has 3 N–H and O–H groups in total. The lowest BCUT2D eigenvalue weighted by Gasteiger charge is -2.12. The second kappa shape index (κ2) is 4.84. The van der Waals surface area contributed by atoms with E-state index in [1.165, 1.54) is 7.11 Å². The van der Waals surface area contributed by atoms with Crippen LogP contribution in [0, 0.1) is 3.57 Å². The van der Waals surface area contributed by atoms with Crippen molar-refractivity contribution in [2.24, 2.45) is 5.73 Å². The molecule has 0 radical (unpaired) electrons. The van der Waals surface area contributed by atoms with Crippen LogP contribution in [0.2, 0.25) is 0 Å². The number of nitrogens with two attached hydrogens (primary N) is 1. The monoisotopic (exact) mass is 307 g/mol. The molecule has 1 atom stereocenters. The molecule has 0 aliphatic heterocycles. The van der Waals surface area contributed by atoms with Crippen molar-refractivity contribution >= 4 is 22.6 Å². The molecule has 0 fully saturated rings. The highest BCUT2D eigenvalue weighted by atomic mass is 127. The molecular formula is C10H14INO2. The Bertz CT molecular complexity index is 326. The highest BCUT2D eigenvalue weighted by molar-refractivity contribution is 14.1. The van der Waals surface area contributed by atoms with Gasteiger partial charge in [-0.15, -0.1) is 0 Å². The summed E-state index contributed by atoms with van der Waals surface area (Å²) in [6, 6.07) is 3.69. The van der Waals surface area contributed by atoms with E-state index in [4.69, 9.17) is 10.5 Å². The largest absolute Gasteiger partial charge is 0.504 e. The van der Waals surface area contributed by atoms with Gasteiger partial charge in [0, 0.05) is 15.2 Å². The van der Waals surface area contributed by atoms with Crippen molar-refractivity contribution in [3.8, 4) is 11.5 Å². The number of benzene rings is 1. The predicted octanol–water partition coefficient (Wildman–Crippen LogP) is 1.90. The number of hydrogen-bond donors (Lipinski definition) is 2. The van der Waals surface area contributed by atoms with E-state index < -0.39 is 0 Å². The van der Waals surface area contributed by atoms with Crippen LogP contribution in [0.3, 0.4) is 0 Å². The molecule has 0 aromatic heterocycles. The van der Waals surface area contributed by atoms with Crippen LogP contribution in [-0.2, 0) is 6.42 Å². The summed E-state index contributed by atoms with van der Waals surface area (Å²) < 4.78 is 6.04. The number of halogens is 1. The number of phenols is 1. The van der Waals surface area contributed by atoms with E-state index in [1.807, 2.05) is 13.0 Å². The molecule has 0 saturated heterocycles. The van der Waals surface area contributed by atoms with Crippen molar-refractivity contribution in [2.45, 2.75) is 19.4 Å². The molecule has 1 aromatic carbocycles. The Morgan fingerprint density at radius 3 is 2.71 bits per heavy atom. The zero-order valence-electron chi connectivity index (χ0n) is 8.25. The fourth-order valence-electron chi connectivity index (χ4n) is 1.27. The number of hydrogen-bond acceptors (Lipinski definition) is 3. The quantitative estimate of drug-likeness (QED) is 0.839. The third-order valence-corrected chi connectivity index (χ3v) is 2.95. The third kappa shape index (κ3) is 2.51. The van der Waals surface area contributed by atoms with E-state index in [0.717, 1.165) is 9.13 Å². The van der Waals surface area contributed by atoms with Crippen molar-refractivity contribution < 1.29 is 9.84 Å². The van der Waals surface area contributed by atoms with Crippen LogP contribution in [0.15, 0.2) is 12.1 Å². The standard InChI is InChI=1S/C10H14INO2/c1-6(12)5-7-8(11)3-4-9(14-2)10(7)13/h3-4,6,13H,5,12H2,1-2H3. The summed E-state index contributed by atoms with van der Waals surface area (Å²) in [6.07, 6.45) is 0.654. The summed E-state index contributed by atoms with van der Waals surface area (Å²) in [4.78, 5) is 0. The first-order chi connectivity index (χ1) is 6.56. The SMILES string of the molecule is COc1ccc(I)c(CC(C)N)c1O. The van der Waals surface area contributed by atoms with Crippen LogP contribution in [0.25, 0.3) is 0 Å². The molecule has 0 spiro atoms. The highest BCUT2D eigenvalue weighted by Gasteiger charge is 2.12. The van der Waals surface area contributed by atoms with Gasteiger partial charge in [0.1, 0.15) is 0 Å². The molecule has 1 unspecified atom stereocenters. The van der Waals surface area contributed by atoms with E-state index in [9.17, 15) is 5.11 Å². The van der Waals surface area contributed by atoms with Gasteiger partial charge in [-0.25, -0.2) is 0 Å². The summed E-state index contributed by atoms with van der Waals surface area (Å²) >= 11 is 2.18. The van der Waals surface area contributed by atoms with Crippen LogP contribution in [0.4, 0.5) is 0 Å². The van der Waals surface area contributed by atoms with Crippen LogP contribution in [0.5, 0.6) is 11.5 Å². The Morgan fingerprint density at radius 1 is 1.57 bits per heavy atom. The maximum Gasteiger partial charge on any atom is 0.162 e. The van der Waals surface area contributed by atoms with E-state index in [-0.39, 0.29) is 11.8 Å². The van der Waals surface area contributed by atoms with E-state index in [1.54, 1.807) is 6.07 Å². The Hall–Kier alpha value is -0.490. The van der Waals surface area contributed by atoms with Gasteiger partial charge in [-0.2, -0.15) is 0 Å². The lowest BCUT2D eigenvalue weighted by atomic mass is 10.1. The molecule has 0 aliphatic carbocycles. The summed E-state index contributed by atoms with van der Waals surface area (Å²) in [6.45, 7) is 1.91. The first-order valence-electron chi connectivity index (χ1n) is 4.36. The molecule has 4 heteroatoms. The minimum absolute atomic E-state index is 0.0292. The van der Waals surface area contributed by atoms with Gasteiger partial charge in [-0.1, -0.05) is 0 Å². The van der Waals surface area contributed by atoms with Crippen molar-refractivity contribution in [3.05, 3.63) is 21.3 Å². The maximum absolute atomic E-state index is 9.83. The molecule has 0 heterocycles. The third-order valence-electron chi connectivity index (χ3n) is 1.93. The Balaban J connectivity index is 3.11. The number of ether oxygens (including phenoxy) is 1. The molecular weight excluding hydrogens is 293 g/mol. The molecule has 3 nitrogen and oxygen atoms in total. The second-order valence-electron chi connectivity index (χ2n) is 3.26. The molecule has 0 aliphatic rings. The molecule has 1 rings (SSSR count). The lowest BCUT2D eigenvalue weighted by Crippen LogP contribution is -2.18. The van der Waals surface area contributed by atoms with Gasteiger partial charge in [0.15, 0.2) is 11.5 Å². The number of methoxy groups -OCH3 is 1. The molecule has 0 amide bonds. The average Bonchev–Trinajstić information content (AvgIpc) is 2.12. The number of rotatable bonds is 3. The molecule has 0 saturated carbocycles. The normalized spacial score (nSPS) is 12.6. The first kappa shape index (κ1) is 11.6. The summed E-state index contributed by atoms with van der Waals surface area (Å²) in [5.41, 5.74) is 6.56. The summed E-state index contributed by atoms with van der Waals surface area (Å²) in [7, 11) is 1.54. The van der Waals surface area contributed by atoms with Crippen LogP contribution in [0.1, 0.15) is 12.5 Å². The van der Waals surface area contributed by atoms with Gasteiger partial charge in [-0.05, 0) is 48.1 Å². The number of aromatic hydroxyl groups is 1. The van der Waals surface area contributed by atoms with Gasteiger partial charge < -0.3 is 15.6 Å². The first-order valence-corrected chi connectivity index (χ1v) is 5.44. The van der Waals surface area contributed by atoms with Crippen LogP contribution in [-0.4, -0.2) is 18.3 Å². The number of phenolic OH excluding ortho intramolecular Hbond substituents is 1. The van der Waals surface area contributed by atoms with Crippen LogP contribution < -0.4 is 10.5 Å². The summed E-state index contributed by atoms with van der Waals surface area (Å²) in [5, 5.41) is 9.83. The zero-order chi connectivity index (χ0) is 10.7. The molecule has 14 heavy (non-hydrogen) atoms. The lowest BCUT2D eigenvalue weighted by molar-refractivity contribution is 0.369. The van der Waals surface area contributed by atoms with Crippen molar-refractivity contribution in [1.29, 1.82) is 0 Å². The van der Waals surface area contributed by atoms with Crippen molar-refractivity contribution in [2.75, 3.05) is 7.11 Å². The van der Waals surface area contributed by atoms with Crippen molar-refractivity contribution in [3.63, 3.8) is 0 Å². The van der Waals surface area contributed by atoms with Gasteiger partial charge >= 0.3 is 0 Å². The maximum atomic E-state index is 9.83. The van der Waals surface area contributed by atoms with Crippen molar-refractivity contribution in [1.82, 2.24) is 0 Å². The fraction of sp³-hybridized carbons (Fsp3) is 0.400. The second-order valence-corrected chi connectivity index (χ2v) is 4.42. The van der Waals surface area contributed by atoms with Crippen LogP contribution >= 0.6 is 22.6 Å². The Kier molecular flexibility index (Phi) is 4.00. The highest BCUT2D eigenvalue weighted by Crippen LogP contribution is 2.33. The van der Waals surface area contributed by atoms with Gasteiger partial charge in [0.25, 0.3) is 0 Å². The fourth-order valence-corrected chi connectivity index (χ4v) is 1.93. The van der Waals surface area contributed by atoms with E-state index >= 15 is 0 Å². The molecule has 0 bridgehead atoms. The van der Waals surface area contributed by atoms with Gasteiger partial charge in [-0.3, -0.25) is 0 Å². The molecule has 1 aromatic rings. The smallest absolute Gasteiger partial charge is 0.162 e. The van der Waals surface area contributed by atoms with E-state index in [2.05, 4.69) is 22.6 Å². The Morgan fingerprint density at radius 2 is 2.21 bits per heavy atom. The predicted molar refractivity (Wildman–Crippen MR) is 64.7 cm³/mol. The zero-order valence-corrected chi connectivity index (χ0v) is 10.4. The average molecular weight is 307 g/mol. The topological polar surface area (TPSA) is 55.5 Å². The minimum atomic E-state index is 0.0292. The summed E-state index contributed by atoms with van der Waals surface area (Å²) in [5.74, 6) is 0.706.